The summed E-state index contributed by atoms with van der Waals surface area (Å²) in [4.78, 5) is 26.7. The second kappa shape index (κ2) is 8.34. The third-order valence-electron chi connectivity index (χ3n) is 5.60. The molecule has 0 spiro atoms. The van der Waals surface area contributed by atoms with Crippen molar-refractivity contribution < 1.29 is 9.59 Å². The maximum absolute atomic E-state index is 12.4. The molecule has 3 fully saturated rings. The number of likely N-dealkylation sites (tertiary alicyclic amines) is 1. The molecule has 2 N–H and O–H groups in total. The van der Waals surface area contributed by atoms with Crippen LogP contribution >= 0.6 is 12.4 Å². The van der Waals surface area contributed by atoms with Gasteiger partial charge in [-0.1, -0.05) is 6.92 Å². The summed E-state index contributed by atoms with van der Waals surface area (Å²) in [6, 6.07) is 0.610. The van der Waals surface area contributed by atoms with Crippen molar-refractivity contribution >= 4 is 24.2 Å². The molecule has 2 amide bonds. The van der Waals surface area contributed by atoms with Gasteiger partial charge in [0.25, 0.3) is 0 Å². The highest BCUT2D eigenvalue weighted by molar-refractivity contribution is 5.89. The molecule has 23 heavy (non-hydrogen) atoms. The smallest absolute Gasteiger partial charge is 0.225 e. The second-order valence-electron chi connectivity index (χ2n) is 7.41. The van der Waals surface area contributed by atoms with Crippen LogP contribution < -0.4 is 10.6 Å². The molecular weight excluding hydrogens is 314 g/mol. The fraction of sp³-hybridized carbons (Fsp3) is 0.882. The van der Waals surface area contributed by atoms with Crippen molar-refractivity contribution in [2.45, 2.75) is 64.0 Å². The number of piperidine rings is 1. The van der Waals surface area contributed by atoms with Gasteiger partial charge in [0.15, 0.2) is 0 Å². The summed E-state index contributed by atoms with van der Waals surface area (Å²) in [5.41, 5.74) is 0. The average Bonchev–Trinajstić information content (AvgIpc) is 2.91. The normalized spacial score (nSPS) is 34.8. The van der Waals surface area contributed by atoms with Crippen molar-refractivity contribution in [1.82, 2.24) is 15.5 Å². The highest BCUT2D eigenvalue weighted by Crippen LogP contribution is 2.31. The Morgan fingerprint density at radius 2 is 1.96 bits per heavy atom. The van der Waals surface area contributed by atoms with Crippen LogP contribution in [-0.4, -0.2) is 48.4 Å². The van der Waals surface area contributed by atoms with E-state index in [1.807, 2.05) is 4.90 Å². The van der Waals surface area contributed by atoms with Gasteiger partial charge in [0.05, 0.1) is 5.92 Å². The molecule has 3 aliphatic rings. The summed E-state index contributed by atoms with van der Waals surface area (Å²) in [7, 11) is 0. The summed E-state index contributed by atoms with van der Waals surface area (Å²) in [6.45, 7) is 4.82. The summed E-state index contributed by atoms with van der Waals surface area (Å²) in [5, 5.41) is 6.44. The lowest BCUT2D eigenvalue weighted by Gasteiger charge is -2.33. The first kappa shape index (κ1) is 18.5. The molecule has 2 aliphatic heterocycles. The zero-order valence-electron chi connectivity index (χ0n) is 14.1. The number of halogens is 1. The predicted octanol–water partition coefficient (Wildman–Crippen LogP) is 1.70. The van der Waals surface area contributed by atoms with Crippen molar-refractivity contribution in [3.63, 3.8) is 0 Å². The van der Waals surface area contributed by atoms with Crippen LogP contribution in [0.1, 0.15) is 51.9 Å². The third-order valence-corrected chi connectivity index (χ3v) is 5.60. The van der Waals surface area contributed by atoms with E-state index in [1.165, 1.54) is 12.8 Å². The van der Waals surface area contributed by atoms with Crippen LogP contribution in [0.3, 0.4) is 0 Å². The lowest BCUT2D eigenvalue weighted by Crippen LogP contribution is -2.48. The lowest BCUT2D eigenvalue weighted by molar-refractivity contribution is -0.131. The van der Waals surface area contributed by atoms with Gasteiger partial charge in [0, 0.05) is 31.6 Å². The molecule has 1 saturated carbocycles. The quantitative estimate of drug-likeness (QED) is 0.820. The molecule has 1 aliphatic carbocycles. The SMILES string of the molecule is CC1CCC(N2CC(C(=O)N[C@H]3CCCNC3)CC2=O)CC1.Cl. The van der Waals surface area contributed by atoms with E-state index >= 15 is 0 Å². The maximum Gasteiger partial charge on any atom is 0.225 e. The van der Waals surface area contributed by atoms with E-state index < -0.39 is 0 Å². The van der Waals surface area contributed by atoms with Gasteiger partial charge < -0.3 is 15.5 Å². The first-order valence-electron chi connectivity index (χ1n) is 8.94. The Bertz CT molecular complexity index is 418. The minimum atomic E-state index is -0.145. The fourth-order valence-electron chi connectivity index (χ4n) is 4.11. The molecule has 0 aromatic heterocycles. The molecule has 5 nitrogen and oxygen atoms in total. The van der Waals surface area contributed by atoms with Gasteiger partial charge in [0.1, 0.15) is 0 Å². The summed E-state index contributed by atoms with van der Waals surface area (Å²) in [5.74, 6) is 0.899. The Labute approximate surface area is 145 Å². The van der Waals surface area contributed by atoms with Crippen molar-refractivity contribution in [2.24, 2.45) is 11.8 Å². The van der Waals surface area contributed by atoms with E-state index in [2.05, 4.69) is 17.6 Å². The van der Waals surface area contributed by atoms with Gasteiger partial charge in [-0.25, -0.2) is 0 Å². The molecule has 2 atom stereocenters. The Morgan fingerprint density at radius 1 is 1.22 bits per heavy atom. The minimum absolute atomic E-state index is 0. The van der Waals surface area contributed by atoms with Crippen LogP contribution in [0, 0.1) is 11.8 Å². The van der Waals surface area contributed by atoms with Gasteiger partial charge in [-0.3, -0.25) is 9.59 Å². The molecule has 2 saturated heterocycles. The third kappa shape index (κ3) is 4.60. The lowest BCUT2D eigenvalue weighted by atomic mass is 9.86. The standard InChI is InChI=1S/C17H29N3O2.ClH/c1-12-4-6-15(7-5-12)20-11-13(9-16(20)21)17(22)19-14-3-2-8-18-10-14;/h12-15,18H,2-11H2,1H3,(H,19,22);1H/t12?,13?,14-,15?;/m0./s1. The molecule has 2 heterocycles. The molecular formula is C17H30ClN3O2. The van der Waals surface area contributed by atoms with Gasteiger partial charge in [-0.2, -0.15) is 0 Å². The Balaban J connectivity index is 0.00000192. The summed E-state index contributed by atoms with van der Waals surface area (Å²) >= 11 is 0. The molecule has 0 aromatic rings. The van der Waals surface area contributed by atoms with E-state index in [0.717, 1.165) is 44.7 Å². The first-order chi connectivity index (χ1) is 10.6. The highest BCUT2D eigenvalue weighted by Gasteiger charge is 2.39. The van der Waals surface area contributed by atoms with Gasteiger partial charge in [-0.05, 0) is 51.0 Å². The predicted molar refractivity (Wildman–Crippen MR) is 92.5 cm³/mol. The molecule has 1 unspecified atom stereocenters. The monoisotopic (exact) mass is 343 g/mol. The summed E-state index contributed by atoms with van der Waals surface area (Å²) < 4.78 is 0. The van der Waals surface area contributed by atoms with E-state index in [-0.39, 0.29) is 36.2 Å². The number of carbonyl (C=O) groups is 2. The van der Waals surface area contributed by atoms with Gasteiger partial charge in [0.2, 0.25) is 11.8 Å². The van der Waals surface area contributed by atoms with E-state index in [1.54, 1.807) is 0 Å². The van der Waals surface area contributed by atoms with E-state index in [0.29, 0.717) is 19.0 Å². The highest BCUT2D eigenvalue weighted by atomic mass is 35.5. The topological polar surface area (TPSA) is 61.4 Å². The number of amides is 2. The fourth-order valence-corrected chi connectivity index (χ4v) is 4.11. The molecule has 0 radical (unpaired) electrons. The largest absolute Gasteiger partial charge is 0.352 e. The number of nitrogens with zero attached hydrogens (tertiary/aromatic N) is 1. The first-order valence-corrected chi connectivity index (χ1v) is 8.94. The van der Waals surface area contributed by atoms with Gasteiger partial charge in [-0.15, -0.1) is 12.4 Å². The molecule has 0 aromatic carbocycles. The number of rotatable bonds is 3. The maximum atomic E-state index is 12.4. The second-order valence-corrected chi connectivity index (χ2v) is 7.41. The number of carbonyl (C=O) groups excluding carboxylic acids is 2. The van der Waals surface area contributed by atoms with Crippen LogP contribution in [0.4, 0.5) is 0 Å². The van der Waals surface area contributed by atoms with Gasteiger partial charge >= 0.3 is 0 Å². The van der Waals surface area contributed by atoms with Crippen LogP contribution in [0.15, 0.2) is 0 Å². The minimum Gasteiger partial charge on any atom is -0.352 e. The van der Waals surface area contributed by atoms with Crippen LogP contribution in [-0.2, 0) is 9.59 Å². The number of nitrogens with one attached hydrogen (secondary N) is 2. The van der Waals surface area contributed by atoms with E-state index in [9.17, 15) is 9.59 Å². The molecule has 0 bridgehead atoms. The zero-order chi connectivity index (χ0) is 15.5. The Morgan fingerprint density at radius 3 is 2.61 bits per heavy atom. The zero-order valence-corrected chi connectivity index (χ0v) is 14.9. The number of hydrogen-bond acceptors (Lipinski definition) is 3. The van der Waals surface area contributed by atoms with E-state index in [4.69, 9.17) is 0 Å². The van der Waals surface area contributed by atoms with Crippen LogP contribution in [0.25, 0.3) is 0 Å². The van der Waals surface area contributed by atoms with Crippen LogP contribution in [0.5, 0.6) is 0 Å². The van der Waals surface area contributed by atoms with Crippen molar-refractivity contribution in [3.05, 3.63) is 0 Å². The van der Waals surface area contributed by atoms with Crippen molar-refractivity contribution in [2.75, 3.05) is 19.6 Å². The Hall–Kier alpha value is -0.810. The Kier molecular flexibility index (Phi) is 6.72. The average molecular weight is 344 g/mol. The molecule has 3 rings (SSSR count). The molecule has 6 heteroatoms. The summed E-state index contributed by atoms with van der Waals surface area (Å²) in [6.07, 6.45) is 7.18. The van der Waals surface area contributed by atoms with Crippen molar-refractivity contribution in [3.8, 4) is 0 Å². The van der Waals surface area contributed by atoms with Crippen LogP contribution in [0.2, 0.25) is 0 Å². The number of hydrogen-bond donors (Lipinski definition) is 2. The molecule has 132 valence electrons. The van der Waals surface area contributed by atoms with Crippen molar-refractivity contribution in [1.29, 1.82) is 0 Å².